The van der Waals surface area contributed by atoms with Crippen molar-refractivity contribution in [1.82, 2.24) is 0 Å². The summed E-state index contributed by atoms with van der Waals surface area (Å²) in [6, 6.07) is 3.37. The zero-order valence-electron chi connectivity index (χ0n) is 11.7. The standard InChI is InChI=1S/C14H18N4O3/c15-8-10-3-1-2-4-17(10)12-7-11-9(6-14(19)16-11)5-13(12)18(20)21/h5,7,10H,1-4,6,8,15H2,(H,16,19). The van der Waals surface area contributed by atoms with E-state index in [9.17, 15) is 14.9 Å². The summed E-state index contributed by atoms with van der Waals surface area (Å²) in [5.41, 5.74) is 7.81. The predicted octanol–water partition coefficient (Wildman–Crippen LogP) is 1.41. The van der Waals surface area contributed by atoms with Crippen molar-refractivity contribution >= 4 is 23.0 Å². The van der Waals surface area contributed by atoms with Gasteiger partial charge < -0.3 is 16.0 Å². The number of hydrogen-bond acceptors (Lipinski definition) is 5. The number of carbonyl (C=O) groups excluding carboxylic acids is 1. The second-order valence-electron chi connectivity index (χ2n) is 5.56. The van der Waals surface area contributed by atoms with Crippen LogP contribution >= 0.6 is 0 Å². The maximum atomic E-state index is 11.5. The lowest BCUT2D eigenvalue weighted by molar-refractivity contribution is -0.384. The Morgan fingerprint density at radius 1 is 1.43 bits per heavy atom. The van der Waals surface area contributed by atoms with Crippen LogP contribution in [-0.4, -0.2) is 30.0 Å². The van der Waals surface area contributed by atoms with Gasteiger partial charge >= 0.3 is 0 Å². The summed E-state index contributed by atoms with van der Waals surface area (Å²) in [5, 5.41) is 14.1. The average molecular weight is 290 g/mol. The molecule has 1 saturated heterocycles. The minimum absolute atomic E-state index is 0.0607. The lowest BCUT2D eigenvalue weighted by atomic mass is 10.00. The normalized spacial score (nSPS) is 21.1. The van der Waals surface area contributed by atoms with E-state index in [4.69, 9.17) is 5.73 Å². The fourth-order valence-corrected chi connectivity index (χ4v) is 3.19. The van der Waals surface area contributed by atoms with Gasteiger partial charge in [0.1, 0.15) is 5.69 Å². The molecule has 1 atom stereocenters. The molecule has 7 nitrogen and oxygen atoms in total. The Hall–Kier alpha value is -2.15. The number of nitro benzene ring substituents is 1. The van der Waals surface area contributed by atoms with Gasteiger partial charge in [0.15, 0.2) is 0 Å². The van der Waals surface area contributed by atoms with E-state index in [0.717, 1.165) is 25.8 Å². The molecule has 21 heavy (non-hydrogen) atoms. The number of piperidine rings is 1. The number of rotatable bonds is 3. The van der Waals surface area contributed by atoms with Gasteiger partial charge in [-0.05, 0) is 30.9 Å². The highest BCUT2D eigenvalue weighted by molar-refractivity contribution is 6.00. The molecule has 1 amide bonds. The molecule has 0 aliphatic carbocycles. The van der Waals surface area contributed by atoms with Crippen LogP contribution in [0.2, 0.25) is 0 Å². The summed E-state index contributed by atoms with van der Waals surface area (Å²) in [6.07, 6.45) is 3.23. The number of nitrogens with one attached hydrogen (secondary N) is 1. The first-order valence-electron chi connectivity index (χ1n) is 7.18. The largest absolute Gasteiger partial charge is 0.362 e. The molecule has 0 spiro atoms. The Balaban J connectivity index is 2.06. The first-order valence-corrected chi connectivity index (χ1v) is 7.18. The Bertz CT molecular complexity index is 602. The fraction of sp³-hybridized carbons (Fsp3) is 0.500. The van der Waals surface area contributed by atoms with E-state index in [2.05, 4.69) is 5.32 Å². The molecule has 7 heteroatoms. The molecular weight excluding hydrogens is 272 g/mol. The number of anilines is 2. The summed E-state index contributed by atoms with van der Waals surface area (Å²) >= 11 is 0. The summed E-state index contributed by atoms with van der Waals surface area (Å²) in [5.74, 6) is -0.120. The highest BCUT2D eigenvalue weighted by Gasteiger charge is 2.31. The fourth-order valence-electron chi connectivity index (χ4n) is 3.19. The molecule has 2 heterocycles. The highest BCUT2D eigenvalue weighted by atomic mass is 16.6. The van der Waals surface area contributed by atoms with Gasteiger partial charge in [0, 0.05) is 30.9 Å². The molecule has 2 aliphatic heterocycles. The summed E-state index contributed by atoms with van der Waals surface area (Å²) in [6.45, 7) is 1.23. The Morgan fingerprint density at radius 2 is 2.24 bits per heavy atom. The topological polar surface area (TPSA) is 102 Å². The Labute approximate surface area is 122 Å². The number of nitrogens with zero attached hydrogens (tertiary/aromatic N) is 2. The average Bonchev–Trinajstić information content (AvgIpc) is 2.84. The van der Waals surface area contributed by atoms with Crippen LogP contribution in [0.5, 0.6) is 0 Å². The van der Waals surface area contributed by atoms with Crippen LogP contribution in [0.1, 0.15) is 24.8 Å². The van der Waals surface area contributed by atoms with Gasteiger partial charge in [-0.1, -0.05) is 0 Å². The van der Waals surface area contributed by atoms with Crippen LogP contribution in [0.4, 0.5) is 17.1 Å². The molecular formula is C14H18N4O3. The molecule has 1 aromatic carbocycles. The molecule has 0 radical (unpaired) electrons. The molecule has 2 aliphatic rings. The lowest BCUT2D eigenvalue weighted by Crippen LogP contribution is -2.44. The van der Waals surface area contributed by atoms with Gasteiger partial charge in [-0.2, -0.15) is 0 Å². The van der Waals surface area contributed by atoms with E-state index in [1.165, 1.54) is 6.07 Å². The van der Waals surface area contributed by atoms with Crippen molar-refractivity contribution < 1.29 is 9.72 Å². The Morgan fingerprint density at radius 3 is 2.95 bits per heavy atom. The maximum Gasteiger partial charge on any atom is 0.292 e. The zero-order chi connectivity index (χ0) is 15.0. The third-order valence-electron chi connectivity index (χ3n) is 4.23. The summed E-state index contributed by atoms with van der Waals surface area (Å²) in [4.78, 5) is 24.5. The van der Waals surface area contributed by atoms with Crippen molar-refractivity contribution in [2.45, 2.75) is 31.7 Å². The van der Waals surface area contributed by atoms with Gasteiger partial charge in [0.05, 0.1) is 11.3 Å². The second kappa shape index (κ2) is 5.33. The van der Waals surface area contributed by atoms with Crippen molar-refractivity contribution in [2.24, 2.45) is 5.73 Å². The minimum atomic E-state index is -0.374. The van der Waals surface area contributed by atoms with E-state index in [0.29, 0.717) is 23.5 Å². The van der Waals surface area contributed by atoms with Crippen LogP contribution in [-0.2, 0) is 11.2 Å². The van der Waals surface area contributed by atoms with Crippen molar-refractivity contribution in [3.8, 4) is 0 Å². The molecule has 3 N–H and O–H groups in total. The van der Waals surface area contributed by atoms with Crippen LogP contribution in [0.25, 0.3) is 0 Å². The number of nitro groups is 1. The van der Waals surface area contributed by atoms with Gasteiger partial charge in [0.25, 0.3) is 5.69 Å². The smallest absolute Gasteiger partial charge is 0.292 e. The zero-order valence-corrected chi connectivity index (χ0v) is 11.7. The highest BCUT2D eigenvalue weighted by Crippen LogP contribution is 2.39. The Kier molecular flexibility index (Phi) is 3.50. The molecule has 3 rings (SSSR count). The summed E-state index contributed by atoms with van der Waals surface area (Å²) < 4.78 is 0. The van der Waals surface area contributed by atoms with Crippen LogP contribution in [0.3, 0.4) is 0 Å². The SMILES string of the molecule is NCC1CCCCN1c1cc2c(cc1[N+](=O)[O-])CC(=O)N2. The molecule has 0 aromatic heterocycles. The number of benzene rings is 1. The van der Waals surface area contributed by atoms with Crippen LogP contribution in [0, 0.1) is 10.1 Å². The van der Waals surface area contributed by atoms with Gasteiger partial charge in [-0.3, -0.25) is 14.9 Å². The van der Waals surface area contributed by atoms with Crippen molar-refractivity contribution in [3.05, 3.63) is 27.8 Å². The first kappa shape index (κ1) is 13.8. The van der Waals surface area contributed by atoms with E-state index in [-0.39, 0.29) is 29.0 Å². The minimum Gasteiger partial charge on any atom is -0.362 e. The second-order valence-corrected chi connectivity index (χ2v) is 5.56. The molecule has 0 saturated carbocycles. The van der Waals surface area contributed by atoms with E-state index in [1.807, 2.05) is 4.90 Å². The lowest BCUT2D eigenvalue weighted by Gasteiger charge is -2.36. The maximum absolute atomic E-state index is 11.5. The third-order valence-corrected chi connectivity index (χ3v) is 4.23. The van der Waals surface area contributed by atoms with Crippen molar-refractivity contribution in [1.29, 1.82) is 0 Å². The van der Waals surface area contributed by atoms with E-state index < -0.39 is 0 Å². The van der Waals surface area contributed by atoms with E-state index in [1.54, 1.807) is 6.07 Å². The third kappa shape index (κ3) is 2.44. The number of amides is 1. The number of hydrogen-bond donors (Lipinski definition) is 2. The number of nitrogens with two attached hydrogens (primary N) is 1. The monoisotopic (exact) mass is 290 g/mol. The van der Waals surface area contributed by atoms with Gasteiger partial charge in [0.2, 0.25) is 5.91 Å². The number of fused-ring (bicyclic) bond motifs is 1. The molecule has 1 fully saturated rings. The predicted molar refractivity (Wildman–Crippen MR) is 79.5 cm³/mol. The van der Waals surface area contributed by atoms with Crippen molar-refractivity contribution in [2.75, 3.05) is 23.3 Å². The molecule has 112 valence electrons. The quantitative estimate of drug-likeness (QED) is 0.647. The van der Waals surface area contributed by atoms with Gasteiger partial charge in [-0.15, -0.1) is 0 Å². The molecule has 1 aromatic rings. The van der Waals surface area contributed by atoms with Crippen molar-refractivity contribution in [3.63, 3.8) is 0 Å². The number of carbonyl (C=O) groups is 1. The summed E-state index contributed by atoms with van der Waals surface area (Å²) in [7, 11) is 0. The van der Waals surface area contributed by atoms with Crippen LogP contribution < -0.4 is 16.0 Å². The molecule has 1 unspecified atom stereocenters. The van der Waals surface area contributed by atoms with Crippen LogP contribution in [0.15, 0.2) is 12.1 Å². The molecule has 0 bridgehead atoms. The van der Waals surface area contributed by atoms with Gasteiger partial charge in [-0.25, -0.2) is 0 Å². The van der Waals surface area contributed by atoms with E-state index >= 15 is 0 Å². The first-order chi connectivity index (χ1) is 10.1.